The second kappa shape index (κ2) is 7.09. The normalized spacial score (nSPS) is 17.2. The minimum Gasteiger partial charge on any atom is -0.339 e. The first-order chi connectivity index (χ1) is 13.7. The van der Waals surface area contributed by atoms with Crippen LogP contribution in [0.15, 0.2) is 29.1 Å². The molecule has 7 nitrogen and oxygen atoms in total. The summed E-state index contributed by atoms with van der Waals surface area (Å²) in [6, 6.07) is 7.26. The topological polar surface area (TPSA) is 81.0 Å². The number of piperidine rings is 1. The van der Waals surface area contributed by atoms with Gasteiger partial charge in [-0.2, -0.15) is 13.8 Å². The van der Waals surface area contributed by atoms with Crippen molar-refractivity contribution in [1.29, 1.82) is 0 Å². The summed E-state index contributed by atoms with van der Waals surface area (Å²) in [5, 5.41) is 4.58. The highest BCUT2D eigenvalue weighted by Gasteiger charge is 2.25. The van der Waals surface area contributed by atoms with Crippen molar-refractivity contribution in [1.82, 2.24) is 23.4 Å². The van der Waals surface area contributed by atoms with Gasteiger partial charge >= 0.3 is 0 Å². The molecule has 1 fully saturated rings. The summed E-state index contributed by atoms with van der Waals surface area (Å²) in [6.07, 6.45) is 4.81. The Bertz CT molecular complexity index is 1100. The van der Waals surface area contributed by atoms with E-state index in [1.807, 2.05) is 23.1 Å². The van der Waals surface area contributed by atoms with Gasteiger partial charge in [-0.3, -0.25) is 9.59 Å². The zero-order valence-electron chi connectivity index (χ0n) is 15.5. The highest BCUT2D eigenvalue weighted by Crippen LogP contribution is 2.22. The highest BCUT2D eigenvalue weighted by atomic mass is 32.1. The van der Waals surface area contributed by atoms with Gasteiger partial charge in [0, 0.05) is 31.3 Å². The van der Waals surface area contributed by atoms with Crippen LogP contribution < -0.4 is 5.56 Å². The van der Waals surface area contributed by atoms with Crippen molar-refractivity contribution >= 4 is 28.7 Å². The standard InChI is InChI=1S/C20H21N5O2S/c26-19-11-14-2-1-3-16(14)21-25(19)12-13-6-8-24(9-7-13)20(27)15-4-5-17-18(10-15)23-28-22-17/h4-5,10-11,13H,1-3,6-9,12H2. The maximum atomic E-state index is 12.8. The predicted octanol–water partition coefficient (Wildman–Crippen LogP) is 2.29. The van der Waals surface area contributed by atoms with Gasteiger partial charge in [-0.25, -0.2) is 4.68 Å². The van der Waals surface area contributed by atoms with E-state index in [0.29, 0.717) is 31.1 Å². The molecule has 1 aliphatic heterocycles. The Balaban J connectivity index is 1.24. The van der Waals surface area contributed by atoms with Gasteiger partial charge in [-0.05, 0) is 61.8 Å². The van der Waals surface area contributed by atoms with Crippen LogP contribution in [-0.2, 0) is 19.4 Å². The van der Waals surface area contributed by atoms with Gasteiger partial charge in [0.2, 0.25) is 0 Å². The molecule has 5 rings (SSSR count). The molecular formula is C20H21N5O2S. The lowest BCUT2D eigenvalue weighted by Crippen LogP contribution is -2.40. The van der Waals surface area contributed by atoms with E-state index in [-0.39, 0.29) is 11.5 Å². The molecule has 2 aromatic heterocycles. The summed E-state index contributed by atoms with van der Waals surface area (Å²) in [7, 11) is 0. The Morgan fingerprint density at radius 1 is 1.11 bits per heavy atom. The van der Waals surface area contributed by atoms with Gasteiger partial charge < -0.3 is 4.90 Å². The molecule has 0 unspecified atom stereocenters. The number of hydrogen-bond donors (Lipinski definition) is 0. The van der Waals surface area contributed by atoms with Crippen molar-refractivity contribution < 1.29 is 4.79 Å². The summed E-state index contributed by atoms with van der Waals surface area (Å²) in [5.41, 5.74) is 4.47. The number of carbonyl (C=O) groups excluding carboxylic acids is 1. The maximum Gasteiger partial charge on any atom is 0.267 e. The first-order valence-corrected chi connectivity index (χ1v) is 10.5. The summed E-state index contributed by atoms with van der Waals surface area (Å²) >= 11 is 1.16. The molecule has 3 aromatic rings. The molecule has 144 valence electrons. The van der Waals surface area contributed by atoms with E-state index in [9.17, 15) is 9.59 Å². The lowest BCUT2D eigenvalue weighted by Gasteiger charge is -2.32. The minimum absolute atomic E-state index is 0.00401. The molecule has 0 radical (unpaired) electrons. The van der Waals surface area contributed by atoms with Crippen LogP contribution in [0.3, 0.4) is 0 Å². The summed E-state index contributed by atoms with van der Waals surface area (Å²) in [6.45, 7) is 2.05. The number of amides is 1. The second-order valence-electron chi connectivity index (χ2n) is 7.69. The zero-order chi connectivity index (χ0) is 19.1. The van der Waals surface area contributed by atoms with E-state index in [1.165, 1.54) is 0 Å². The smallest absolute Gasteiger partial charge is 0.267 e. The van der Waals surface area contributed by atoms with Crippen LogP contribution in [0.5, 0.6) is 0 Å². The molecule has 2 aliphatic rings. The van der Waals surface area contributed by atoms with Crippen molar-refractivity contribution in [3.8, 4) is 0 Å². The minimum atomic E-state index is 0.00401. The quantitative estimate of drug-likeness (QED) is 0.680. The van der Waals surface area contributed by atoms with Crippen molar-refractivity contribution in [3.63, 3.8) is 0 Å². The van der Waals surface area contributed by atoms with E-state index < -0.39 is 0 Å². The number of rotatable bonds is 3. The van der Waals surface area contributed by atoms with Crippen molar-refractivity contribution in [2.45, 2.75) is 38.6 Å². The monoisotopic (exact) mass is 395 g/mol. The van der Waals surface area contributed by atoms with Gasteiger partial charge in [0.1, 0.15) is 11.0 Å². The van der Waals surface area contributed by atoms with Crippen molar-refractivity contribution in [3.05, 3.63) is 51.4 Å². The molecule has 0 atom stereocenters. The third-order valence-corrected chi connectivity index (χ3v) is 6.41. The SMILES string of the molecule is O=C(c1ccc2nsnc2c1)N1CCC(Cn2nc3c(cc2=O)CCC3)CC1. The summed E-state index contributed by atoms with van der Waals surface area (Å²) in [5.74, 6) is 0.417. The van der Waals surface area contributed by atoms with E-state index >= 15 is 0 Å². The van der Waals surface area contributed by atoms with Gasteiger partial charge in [0.05, 0.1) is 17.4 Å². The molecule has 1 aliphatic carbocycles. The molecule has 8 heteroatoms. The van der Waals surface area contributed by atoms with Gasteiger partial charge in [-0.1, -0.05) is 0 Å². The number of carbonyl (C=O) groups is 1. The van der Waals surface area contributed by atoms with E-state index in [4.69, 9.17) is 0 Å². The highest BCUT2D eigenvalue weighted by molar-refractivity contribution is 7.00. The average molecular weight is 395 g/mol. The molecule has 28 heavy (non-hydrogen) atoms. The molecule has 1 aromatic carbocycles. The molecule has 0 saturated carbocycles. The van der Waals surface area contributed by atoms with E-state index in [0.717, 1.165) is 66.1 Å². The maximum absolute atomic E-state index is 12.8. The number of likely N-dealkylation sites (tertiary alicyclic amines) is 1. The first-order valence-electron chi connectivity index (χ1n) is 9.79. The molecule has 3 heterocycles. The number of nitrogens with zero attached hydrogens (tertiary/aromatic N) is 5. The van der Waals surface area contributed by atoms with Crippen LogP contribution in [-0.4, -0.2) is 42.4 Å². The van der Waals surface area contributed by atoms with E-state index in [1.54, 1.807) is 10.7 Å². The van der Waals surface area contributed by atoms with Crippen LogP contribution in [0.2, 0.25) is 0 Å². The third kappa shape index (κ3) is 3.22. The lowest BCUT2D eigenvalue weighted by atomic mass is 9.96. The molecular weight excluding hydrogens is 374 g/mol. The number of aryl methyl sites for hydroxylation is 2. The van der Waals surface area contributed by atoms with Gasteiger partial charge in [-0.15, -0.1) is 0 Å². The Kier molecular flexibility index (Phi) is 4.43. The number of aromatic nitrogens is 4. The van der Waals surface area contributed by atoms with Crippen LogP contribution in [0.4, 0.5) is 0 Å². The fourth-order valence-corrected chi connectivity index (χ4v) is 4.75. The van der Waals surface area contributed by atoms with Crippen LogP contribution in [0.25, 0.3) is 11.0 Å². The largest absolute Gasteiger partial charge is 0.339 e. The van der Waals surface area contributed by atoms with Crippen LogP contribution in [0.1, 0.15) is 40.9 Å². The predicted molar refractivity (Wildman–Crippen MR) is 107 cm³/mol. The Hall–Kier alpha value is -2.61. The Morgan fingerprint density at radius 2 is 1.93 bits per heavy atom. The number of hydrogen-bond acceptors (Lipinski definition) is 6. The molecule has 0 N–H and O–H groups in total. The van der Waals surface area contributed by atoms with Crippen LogP contribution >= 0.6 is 11.7 Å². The van der Waals surface area contributed by atoms with Crippen LogP contribution in [0, 0.1) is 5.92 Å². The molecule has 0 bridgehead atoms. The average Bonchev–Trinajstić information content (AvgIpc) is 3.36. The summed E-state index contributed by atoms with van der Waals surface area (Å²) in [4.78, 5) is 27.0. The van der Waals surface area contributed by atoms with Gasteiger partial charge in [0.25, 0.3) is 11.5 Å². The molecule has 1 saturated heterocycles. The fraction of sp³-hybridized carbons (Fsp3) is 0.450. The molecule has 1 amide bonds. The molecule has 0 spiro atoms. The summed E-state index contributed by atoms with van der Waals surface area (Å²) < 4.78 is 10.0. The second-order valence-corrected chi connectivity index (χ2v) is 8.22. The third-order valence-electron chi connectivity index (χ3n) is 5.86. The number of benzene rings is 1. The Labute approximate surface area is 166 Å². The van der Waals surface area contributed by atoms with Gasteiger partial charge in [0.15, 0.2) is 0 Å². The first kappa shape index (κ1) is 17.5. The van der Waals surface area contributed by atoms with E-state index in [2.05, 4.69) is 13.8 Å². The van der Waals surface area contributed by atoms with Crippen molar-refractivity contribution in [2.24, 2.45) is 5.92 Å². The lowest BCUT2D eigenvalue weighted by molar-refractivity contribution is 0.0680. The fourth-order valence-electron chi connectivity index (χ4n) is 4.23. The number of fused-ring (bicyclic) bond motifs is 2. The zero-order valence-corrected chi connectivity index (χ0v) is 16.3. The Morgan fingerprint density at radius 3 is 2.79 bits per heavy atom. The van der Waals surface area contributed by atoms with Crippen molar-refractivity contribution in [2.75, 3.05) is 13.1 Å².